The van der Waals surface area contributed by atoms with Gasteiger partial charge in [-0.2, -0.15) is 4.52 Å². The summed E-state index contributed by atoms with van der Waals surface area (Å²) in [5.74, 6) is 2.27. The predicted molar refractivity (Wildman–Crippen MR) is 91.7 cm³/mol. The Morgan fingerprint density at radius 2 is 2.00 bits per heavy atom. The van der Waals surface area contributed by atoms with Crippen molar-refractivity contribution in [3.8, 4) is 0 Å². The van der Waals surface area contributed by atoms with Crippen molar-refractivity contribution in [1.29, 1.82) is 0 Å². The predicted octanol–water partition coefficient (Wildman–Crippen LogP) is 1.73. The van der Waals surface area contributed by atoms with E-state index in [-0.39, 0.29) is 11.9 Å². The molecule has 1 amide bonds. The molecule has 0 aliphatic carbocycles. The summed E-state index contributed by atoms with van der Waals surface area (Å²) in [5.41, 5.74) is 1.36. The number of nitrogens with zero attached hydrogens (tertiary/aromatic N) is 5. The number of piperidine rings is 1. The van der Waals surface area contributed by atoms with Crippen LogP contribution in [-0.4, -0.2) is 44.8 Å². The van der Waals surface area contributed by atoms with Crippen LogP contribution in [0.4, 0.5) is 5.82 Å². The molecule has 1 fully saturated rings. The molecule has 0 aromatic carbocycles. The maximum absolute atomic E-state index is 12.3. The third-order valence-electron chi connectivity index (χ3n) is 4.66. The van der Waals surface area contributed by atoms with Crippen LogP contribution in [0, 0.1) is 13.8 Å². The number of aromatic nitrogens is 4. The number of aryl methyl sites for hydroxylation is 2. The molecular formula is C17H20N6O2. The van der Waals surface area contributed by atoms with Crippen LogP contribution in [0.2, 0.25) is 0 Å². The Labute approximate surface area is 144 Å². The van der Waals surface area contributed by atoms with Gasteiger partial charge in [-0.3, -0.25) is 4.79 Å². The summed E-state index contributed by atoms with van der Waals surface area (Å²) in [6.07, 6.45) is 3.30. The first-order chi connectivity index (χ1) is 12.1. The third-order valence-corrected chi connectivity index (χ3v) is 4.66. The highest BCUT2D eigenvalue weighted by Crippen LogP contribution is 2.19. The average molecular weight is 340 g/mol. The number of amides is 1. The van der Waals surface area contributed by atoms with Gasteiger partial charge in [-0.15, -0.1) is 15.3 Å². The van der Waals surface area contributed by atoms with Crippen LogP contribution in [0.15, 0.2) is 28.9 Å². The van der Waals surface area contributed by atoms with Gasteiger partial charge in [-0.1, -0.05) is 0 Å². The minimum atomic E-state index is -0.0654. The van der Waals surface area contributed by atoms with Crippen molar-refractivity contribution in [3.63, 3.8) is 0 Å². The molecule has 0 saturated carbocycles. The maximum atomic E-state index is 12.3. The molecular weight excluding hydrogens is 320 g/mol. The molecule has 0 spiro atoms. The van der Waals surface area contributed by atoms with Crippen LogP contribution in [0.1, 0.15) is 34.8 Å². The number of anilines is 1. The lowest BCUT2D eigenvalue weighted by Crippen LogP contribution is -2.45. The molecule has 8 heteroatoms. The van der Waals surface area contributed by atoms with Crippen molar-refractivity contribution in [3.05, 3.63) is 41.6 Å². The van der Waals surface area contributed by atoms with E-state index in [4.69, 9.17) is 4.42 Å². The van der Waals surface area contributed by atoms with Gasteiger partial charge in [0.1, 0.15) is 11.6 Å². The van der Waals surface area contributed by atoms with Gasteiger partial charge in [0.15, 0.2) is 11.5 Å². The smallest absolute Gasteiger partial charge is 0.255 e. The summed E-state index contributed by atoms with van der Waals surface area (Å²) in [4.78, 5) is 14.5. The van der Waals surface area contributed by atoms with Gasteiger partial charge in [0.05, 0.1) is 11.8 Å². The van der Waals surface area contributed by atoms with E-state index in [1.165, 1.54) is 0 Å². The highest BCUT2D eigenvalue weighted by atomic mass is 16.3. The second-order valence-corrected chi connectivity index (χ2v) is 6.33. The summed E-state index contributed by atoms with van der Waals surface area (Å²) >= 11 is 0. The fourth-order valence-electron chi connectivity index (χ4n) is 3.19. The molecule has 8 nitrogen and oxygen atoms in total. The van der Waals surface area contributed by atoms with Crippen molar-refractivity contribution in [2.45, 2.75) is 32.7 Å². The first-order valence-electron chi connectivity index (χ1n) is 8.41. The Hall–Kier alpha value is -2.90. The van der Waals surface area contributed by atoms with Gasteiger partial charge < -0.3 is 14.6 Å². The Kier molecular flexibility index (Phi) is 3.87. The van der Waals surface area contributed by atoms with Crippen LogP contribution < -0.4 is 10.2 Å². The topological polar surface area (TPSA) is 88.6 Å². The van der Waals surface area contributed by atoms with E-state index in [0.717, 1.165) is 43.2 Å². The molecule has 3 aromatic rings. The molecule has 0 atom stereocenters. The van der Waals surface area contributed by atoms with Crippen molar-refractivity contribution in [2.24, 2.45) is 0 Å². The minimum Gasteiger partial charge on any atom is -0.469 e. The number of hydrogen-bond acceptors (Lipinski definition) is 6. The number of fused-ring (bicyclic) bond motifs is 1. The van der Waals surface area contributed by atoms with Crippen molar-refractivity contribution in [1.82, 2.24) is 25.1 Å². The number of carbonyl (C=O) groups excluding carboxylic acids is 1. The molecule has 1 N–H and O–H groups in total. The van der Waals surface area contributed by atoms with E-state index in [2.05, 4.69) is 25.5 Å². The SMILES string of the molecule is Cc1occc1C(=O)NC1CCN(c2ccc3nnc(C)n3n2)CC1. The number of hydrogen-bond donors (Lipinski definition) is 1. The number of furan rings is 1. The van der Waals surface area contributed by atoms with E-state index in [0.29, 0.717) is 11.3 Å². The zero-order valence-corrected chi connectivity index (χ0v) is 14.3. The molecule has 4 rings (SSSR count). The van der Waals surface area contributed by atoms with Gasteiger partial charge in [-0.25, -0.2) is 0 Å². The van der Waals surface area contributed by atoms with Crippen LogP contribution in [0.3, 0.4) is 0 Å². The van der Waals surface area contributed by atoms with Gasteiger partial charge >= 0.3 is 0 Å². The van der Waals surface area contributed by atoms with Crippen LogP contribution in [0.5, 0.6) is 0 Å². The quantitative estimate of drug-likeness (QED) is 0.781. The molecule has 4 heterocycles. The summed E-state index contributed by atoms with van der Waals surface area (Å²) in [6, 6.07) is 5.77. The molecule has 25 heavy (non-hydrogen) atoms. The molecule has 130 valence electrons. The first kappa shape index (κ1) is 15.6. The van der Waals surface area contributed by atoms with Gasteiger partial charge in [0.25, 0.3) is 5.91 Å². The zero-order chi connectivity index (χ0) is 17.4. The number of carbonyl (C=O) groups is 1. The Morgan fingerprint density at radius 1 is 1.20 bits per heavy atom. The van der Waals surface area contributed by atoms with E-state index < -0.39 is 0 Å². The Bertz CT molecular complexity index is 907. The van der Waals surface area contributed by atoms with Crippen LogP contribution >= 0.6 is 0 Å². The normalized spacial score (nSPS) is 15.7. The highest BCUT2D eigenvalue weighted by molar-refractivity contribution is 5.95. The molecule has 1 aliphatic rings. The van der Waals surface area contributed by atoms with E-state index in [1.807, 2.05) is 19.1 Å². The standard InChI is InChI=1S/C17H20N6O2/c1-11-14(7-10-25-11)17(24)18-13-5-8-22(9-6-13)16-4-3-15-20-19-12(2)23(15)21-16/h3-4,7,10,13H,5-6,8-9H2,1-2H3,(H,18,24). The Balaban J connectivity index is 1.40. The Morgan fingerprint density at radius 3 is 2.72 bits per heavy atom. The van der Waals surface area contributed by atoms with E-state index >= 15 is 0 Å². The van der Waals surface area contributed by atoms with Crippen LogP contribution in [-0.2, 0) is 0 Å². The fourth-order valence-corrected chi connectivity index (χ4v) is 3.19. The second kappa shape index (κ2) is 6.19. The van der Waals surface area contributed by atoms with E-state index in [9.17, 15) is 4.79 Å². The van der Waals surface area contributed by atoms with Gasteiger partial charge in [0.2, 0.25) is 0 Å². The molecule has 1 aliphatic heterocycles. The van der Waals surface area contributed by atoms with Crippen molar-refractivity contribution < 1.29 is 9.21 Å². The fraction of sp³-hybridized carbons (Fsp3) is 0.412. The summed E-state index contributed by atoms with van der Waals surface area (Å²) in [7, 11) is 0. The molecule has 3 aromatic heterocycles. The summed E-state index contributed by atoms with van der Waals surface area (Å²) < 4.78 is 6.95. The highest BCUT2D eigenvalue weighted by Gasteiger charge is 2.23. The van der Waals surface area contributed by atoms with Crippen LogP contribution in [0.25, 0.3) is 5.65 Å². The average Bonchev–Trinajstić information content (AvgIpc) is 3.21. The molecule has 0 bridgehead atoms. The summed E-state index contributed by atoms with van der Waals surface area (Å²) in [6.45, 7) is 5.37. The van der Waals surface area contributed by atoms with Crippen molar-refractivity contribution in [2.75, 3.05) is 18.0 Å². The molecule has 1 saturated heterocycles. The van der Waals surface area contributed by atoms with Gasteiger partial charge in [0, 0.05) is 19.1 Å². The zero-order valence-electron chi connectivity index (χ0n) is 14.3. The first-order valence-corrected chi connectivity index (χ1v) is 8.41. The molecule has 0 unspecified atom stereocenters. The third kappa shape index (κ3) is 2.95. The maximum Gasteiger partial charge on any atom is 0.255 e. The van der Waals surface area contributed by atoms with Gasteiger partial charge in [-0.05, 0) is 44.9 Å². The minimum absolute atomic E-state index is 0.0654. The lowest BCUT2D eigenvalue weighted by Gasteiger charge is -2.33. The monoisotopic (exact) mass is 340 g/mol. The largest absolute Gasteiger partial charge is 0.469 e. The summed E-state index contributed by atoms with van der Waals surface area (Å²) in [5, 5.41) is 15.8. The lowest BCUT2D eigenvalue weighted by molar-refractivity contribution is 0.0929. The second-order valence-electron chi connectivity index (χ2n) is 6.33. The lowest BCUT2D eigenvalue weighted by atomic mass is 10.0. The van der Waals surface area contributed by atoms with E-state index in [1.54, 1.807) is 23.8 Å². The number of rotatable bonds is 3. The molecule has 0 radical (unpaired) electrons. The van der Waals surface area contributed by atoms with Crippen molar-refractivity contribution >= 4 is 17.4 Å². The number of nitrogens with one attached hydrogen (secondary N) is 1.